The molecule has 0 bridgehead atoms. The molecule has 2 amide bonds. The number of aliphatic hydroxyl groups is 1. The Morgan fingerprint density at radius 2 is 1.96 bits per heavy atom. The molecule has 1 N–H and O–H groups in total. The minimum absolute atomic E-state index is 0.000869. The van der Waals surface area contributed by atoms with Crippen molar-refractivity contribution in [3.63, 3.8) is 0 Å². The van der Waals surface area contributed by atoms with E-state index in [-0.39, 0.29) is 30.3 Å². The number of carbonyl (C=O) groups excluding carboxylic acids is 2. The van der Waals surface area contributed by atoms with Gasteiger partial charge >= 0.3 is 0 Å². The Labute approximate surface area is 147 Å². The number of carbonyl (C=O) groups is 2. The first-order chi connectivity index (χ1) is 11.8. The highest BCUT2D eigenvalue weighted by atomic mass is 16.6. The lowest BCUT2D eigenvalue weighted by molar-refractivity contribution is -0.135. The molecule has 0 aromatic carbocycles. The molecule has 0 unspecified atom stereocenters. The van der Waals surface area contributed by atoms with Crippen LogP contribution in [0, 0.1) is 12.3 Å². The Balaban J connectivity index is 1.63. The number of likely N-dealkylation sites (tertiary alicyclic amines) is 2. The van der Waals surface area contributed by atoms with E-state index in [1.54, 1.807) is 18.7 Å². The molecule has 8 heteroatoms. The van der Waals surface area contributed by atoms with Gasteiger partial charge in [-0.15, -0.1) is 0 Å². The molecule has 2 aliphatic heterocycles. The standard InChI is InChI=1S/C17H26N4O4/c1-12-14(19-25-18-12)8-15(24)20-6-4-17(5-7-20)9-16(3,11-22)21(10-17)13(2)23/h22H,4-11H2,1-3H3/t16-/m1/s1. The molecular formula is C17H26N4O4. The summed E-state index contributed by atoms with van der Waals surface area (Å²) >= 11 is 0. The summed E-state index contributed by atoms with van der Waals surface area (Å²) in [5, 5.41) is 17.3. The van der Waals surface area contributed by atoms with Crippen LogP contribution < -0.4 is 0 Å². The molecule has 2 saturated heterocycles. The van der Waals surface area contributed by atoms with Crippen LogP contribution in [0.25, 0.3) is 0 Å². The van der Waals surface area contributed by atoms with Gasteiger partial charge in [0.25, 0.3) is 0 Å². The molecule has 25 heavy (non-hydrogen) atoms. The Morgan fingerprint density at radius 1 is 1.28 bits per heavy atom. The summed E-state index contributed by atoms with van der Waals surface area (Å²) in [5.74, 6) is 0.0286. The summed E-state index contributed by atoms with van der Waals surface area (Å²) in [6, 6.07) is 0. The highest BCUT2D eigenvalue weighted by Gasteiger charge is 2.52. The van der Waals surface area contributed by atoms with Crippen molar-refractivity contribution in [1.29, 1.82) is 0 Å². The van der Waals surface area contributed by atoms with Crippen LogP contribution in [0.4, 0.5) is 0 Å². The van der Waals surface area contributed by atoms with Crippen molar-refractivity contribution in [1.82, 2.24) is 20.1 Å². The van der Waals surface area contributed by atoms with Crippen molar-refractivity contribution < 1.29 is 19.3 Å². The van der Waals surface area contributed by atoms with E-state index >= 15 is 0 Å². The predicted molar refractivity (Wildman–Crippen MR) is 88.5 cm³/mol. The summed E-state index contributed by atoms with van der Waals surface area (Å²) in [6.07, 6.45) is 2.67. The number of hydrogen-bond acceptors (Lipinski definition) is 6. The molecule has 8 nitrogen and oxygen atoms in total. The van der Waals surface area contributed by atoms with Gasteiger partial charge in [0.15, 0.2) is 0 Å². The molecule has 3 heterocycles. The van der Waals surface area contributed by atoms with Crippen LogP contribution in [0.2, 0.25) is 0 Å². The first kappa shape index (κ1) is 17.8. The highest BCUT2D eigenvalue weighted by molar-refractivity contribution is 5.78. The van der Waals surface area contributed by atoms with E-state index in [1.165, 1.54) is 0 Å². The summed E-state index contributed by atoms with van der Waals surface area (Å²) in [6.45, 7) is 7.23. The maximum atomic E-state index is 12.5. The third kappa shape index (κ3) is 3.27. The van der Waals surface area contributed by atoms with Gasteiger partial charge in [-0.1, -0.05) is 10.3 Å². The molecule has 1 spiro atoms. The van der Waals surface area contributed by atoms with Gasteiger partial charge in [-0.25, -0.2) is 4.63 Å². The topological polar surface area (TPSA) is 99.8 Å². The molecule has 0 radical (unpaired) electrons. The molecule has 2 aliphatic rings. The van der Waals surface area contributed by atoms with Crippen molar-refractivity contribution >= 4 is 11.8 Å². The van der Waals surface area contributed by atoms with Crippen LogP contribution >= 0.6 is 0 Å². The lowest BCUT2D eigenvalue weighted by Crippen LogP contribution is -2.46. The maximum Gasteiger partial charge on any atom is 0.228 e. The van der Waals surface area contributed by atoms with Gasteiger partial charge in [0.2, 0.25) is 11.8 Å². The van der Waals surface area contributed by atoms with E-state index in [1.807, 2.05) is 11.8 Å². The van der Waals surface area contributed by atoms with Gasteiger partial charge in [-0.05, 0) is 38.5 Å². The number of hydrogen-bond donors (Lipinski definition) is 1. The van der Waals surface area contributed by atoms with Crippen molar-refractivity contribution in [2.24, 2.45) is 5.41 Å². The van der Waals surface area contributed by atoms with E-state index in [2.05, 4.69) is 14.9 Å². The van der Waals surface area contributed by atoms with Gasteiger partial charge in [0.05, 0.1) is 18.6 Å². The van der Waals surface area contributed by atoms with Crippen LogP contribution in [-0.4, -0.2) is 68.8 Å². The molecule has 2 fully saturated rings. The lowest BCUT2D eigenvalue weighted by atomic mass is 9.74. The minimum atomic E-state index is -0.499. The summed E-state index contributed by atoms with van der Waals surface area (Å²) in [4.78, 5) is 28.1. The fourth-order valence-electron chi connectivity index (χ4n) is 4.35. The molecular weight excluding hydrogens is 324 g/mol. The zero-order valence-corrected chi connectivity index (χ0v) is 15.1. The van der Waals surface area contributed by atoms with Crippen LogP contribution in [0.15, 0.2) is 4.63 Å². The predicted octanol–water partition coefficient (Wildman–Crippen LogP) is 0.533. The molecule has 138 valence electrons. The number of aryl methyl sites for hydroxylation is 1. The second-order valence-corrected chi connectivity index (χ2v) is 7.79. The van der Waals surface area contributed by atoms with Crippen molar-refractivity contribution in [3.05, 3.63) is 11.4 Å². The maximum absolute atomic E-state index is 12.5. The van der Waals surface area contributed by atoms with E-state index in [0.29, 0.717) is 31.0 Å². The quantitative estimate of drug-likeness (QED) is 0.854. The van der Waals surface area contributed by atoms with Gasteiger partial charge in [-0.3, -0.25) is 9.59 Å². The van der Waals surface area contributed by atoms with E-state index in [9.17, 15) is 14.7 Å². The van der Waals surface area contributed by atoms with E-state index < -0.39 is 5.54 Å². The summed E-state index contributed by atoms with van der Waals surface area (Å²) < 4.78 is 4.65. The zero-order valence-electron chi connectivity index (χ0n) is 15.1. The number of rotatable bonds is 3. The van der Waals surface area contributed by atoms with Gasteiger partial charge in [0.1, 0.15) is 11.4 Å². The zero-order chi connectivity index (χ0) is 18.2. The summed E-state index contributed by atoms with van der Waals surface area (Å²) in [5.41, 5.74) is 0.725. The number of nitrogens with zero attached hydrogens (tertiary/aromatic N) is 4. The monoisotopic (exact) mass is 350 g/mol. The average molecular weight is 350 g/mol. The van der Waals surface area contributed by atoms with Gasteiger partial charge in [0, 0.05) is 26.6 Å². The first-order valence-electron chi connectivity index (χ1n) is 8.73. The van der Waals surface area contributed by atoms with Gasteiger partial charge in [-0.2, -0.15) is 0 Å². The Kier molecular flexibility index (Phi) is 4.57. The Hall–Kier alpha value is -1.96. The van der Waals surface area contributed by atoms with Crippen molar-refractivity contribution in [3.8, 4) is 0 Å². The third-order valence-corrected chi connectivity index (χ3v) is 5.86. The molecule has 0 saturated carbocycles. The van der Waals surface area contributed by atoms with Crippen LogP contribution in [0.3, 0.4) is 0 Å². The van der Waals surface area contributed by atoms with Crippen molar-refractivity contribution in [2.45, 2.75) is 52.0 Å². The normalized spacial score (nSPS) is 25.6. The first-order valence-corrected chi connectivity index (χ1v) is 8.73. The highest BCUT2D eigenvalue weighted by Crippen LogP contribution is 2.47. The number of aromatic nitrogens is 2. The van der Waals surface area contributed by atoms with E-state index in [0.717, 1.165) is 19.3 Å². The second kappa shape index (κ2) is 6.40. The fraction of sp³-hybridized carbons (Fsp3) is 0.765. The lowest BCUT2D eigenvalue weighted by Gasteiger charge is -2.39. The van der Waals surface area contributed by atoms with Crippen LogP contribution in [0.1, 0.15) is 44.5 Å². The average Bonchev–Trinajstić information content (AvgIpc) is 3.10. The molecule has 0 aliphatic carbocycles. The third-order valence-electron chi connectivity index (χ3n) is 5.86. The van der Waals surface area contributed by atoms with Gasteiger partial charge < -0.3 is 14.9 Å². The number of piperidine rings is 1. The SMILES string of the molecule is CC(=O)N1CC2(CCN(C(=O)Cc3nonc3C)CC2)C[C@]1(C)CO. The number of amides is 2. The molecule has 1 aromatic rings. The summed E-state index contributed by atoms with van der Waals surface area (Å²) in [7, 11) is 0. The molecule has 3 rings (SSSR count). The Morgan fingerprint density at radius 3 is 2.44 bits per heavy atom. The fourth-order valence-corrected chi connectivity index (χ4v) is 4.35. The van der Waals surface area contributed by atoms with Crippen LogP contribution in [0.5, 0.6) is 0 Å². The largest absolute Gasteiger partial charge is 0.394 e. The van der Waals surface area contributed by atoms with E-state index in [4.69, 9.17) is 0 Å². The Bertz CT molecular complexity index is 665. The van der Waals surface area contributed by atoms with Crippen LogP contribution in [-0.2, 0) is 16.0 Å². The molecule has 1 atom stereocenters. The molecule has 1 aromatic heterocycles. The second-order valence-electron chi connectivity index (χ2n) is 7.79. The smallest absolute Gasteiger partial charge is 0.228 e. The number of aliphatic hydroxyl groups excluding tert-OH is 1. The van der Waals surface area contributed by atoms with Crippen molar-refractivity contribution in [2.75, 3.05) is 26.2 Å². The minimum Gasteiger partial charge on any atom is -0.394 e.